The molecule has 3 heteroatoms. The summed E-state index contributed by atoms with van der Waals surface area (Å²) in [5.74, 6) is 1.89. The second kappa shape index (κ2) is 3.39. The Hall–Kier alpha value is -1.64. The first-order chi connectivity index (χ1) is 6.36. The van der Waals surface area contributed by atoms with E-state index in [1.807, 2.05) is 37.3 Å². The summed E-state index contributed by atoms with van der Waals surface area (Å²) in [5, 5.41) is 0. The van der Waals surface area contributed by atoms with Crippen molar-refractivity contribution in [2.24, 2.45) is 0 Å². The lowest BCUT2D eigenvalue weighted by Crippen LogP contribution is -1.96. The van der Waals surface area contributed by atoms with Crippen LogP contribution in [0.4, 0.5) is 0 Å². The molecule has 0 aromatic heterocycles. The molecule has 1 aromatic carbocycles. The van der Waals surface area contributed by atoms with Gasteiger partial charge in [0.1, 0.15) is 5.75 Å². The summed E-state index contributed by atoms with van der Waals surface area (Å²) in [6, 6.07) is 9.46. The van der Waals surface area contributed by atoms with Crippen molar-refractivity contribution in [2.45, 2.75) is 6.92 Å². The van der Waals surface area contributed by atoms with Crippen LogP contribution < -0.4 is 4.74 Å². The molecule has 68 valence electrons. The first-order valence-corrected chi connectivity index (χ1v) is 4.05. The summed E-state index contributed by atoms with van der Waals surface area (Å²) in [5.41, 5.74) is 0. The molecular formula is C10H10O3. The number of rotatable bonds is 2. The van der Waals surface area contributed by atoms with Crippen molar-refractivity contribution in [3.63, 3.8) is 0 Å². The number of allylic oxidation sites excluding steroid dienone is 1. The largest absolute Gasteiger partial charge is 0.455 e. The van der Waals surface area contributed by atoms with E-state index in [2.05, 4.69) is 0 Å². The van der Waals surface area contributed by atoms with Crippen LogP contribution in [0, 0.1) is 0 Å². The molecule has 0 radical (unpaired) electrons. The lowest BCUT2D eigenvalue weighted by atomic mass is 10.3. The van der Waals surface area contributed by atoms with E-state index in [0.29, 0.717) is 11.7 Å². The molecule has 0 amide bonds. The smallest absolute Gasteiger partial charge is 0.327 e. The summed E-state index contributed by atoms with van der Waals surface area (Å²) >= 11 is 0. The molecule has 0 unspecified atom stereocenters. The van der Waals surface area contributed by atoms with Crippen molar-refractivity contribution in [1.82, 2.24) is 0 Å². The molecule has 1 heterocycles. The number of hydrogen-bond acceptors (Lipinski definition) is 3. The van der Waals surface area contributed by atoms with Crippen molar-refractivity contribution in [1.29, 1.82) is 0 Å². The van der Waals surface area contributed by atoms with Gasteiger partial charge in [0.2, 0.25) is 6.79 Å². The number of benzene rings is 1. The Morgan fingerprint density at radius 1 is 1.15 bits per heavy atom. The third kappa shape index (κ3) is 1.75. The molecule has 1 aromatic rings. The average Bonchev–Trinajstić information content (AvgIpc) is 2.54. The summed E-state index contributed by atoms with van der Waals surface area (Å²) in [6.45, 7) is 2.05. The van der Waals surface area contributed by atoms with E-state index in [0.717, 1.165) is 5.75 Å². The quantitative estimate of drug-likeness (QED) is 0.695. The third-order valence-electron chi connectivity index (χ3n) is 1.71. The minimum atomic E-state index is 0.244. The van der Waals surface area contributed by atoms with Gasteiger partial charge in [-0.05, 0) is 12.1 Å². The van der Waals surface area contributed by atoms with E-state index in [-0.39, 0.29) is 6.79 Å². The summed E-state index contributed by atoms with van der Waals surface area (Å²) in [4.78, 5) is 0. The number of hydrogen-bond donors (Lipinski definition) is 0. The molecular weight excluding hydrogens is 168 g/mol. The molecule has 2 rings (SSSR count). The van der Waals surface area contributed by atoms with Gasteiger partial charge in [-0.3, -0.25) is 0 Å². The molecule has 3 nitrogen and oxygen atoms in total. The van der Waals surface area contributed by atoms with E-state index in [1.165, 1.54) is 0 Å². The van der Waals surface area contributed by atoms with Crippen LogP contribution in [0.5, 0.6) is 5.75 Å². The van der Waals surface area contributed by atoms with Gasteiger partial charge in [0.25, 0.3) is 0 Å². The van der Waals surface area contributed by atoms with Crippen molar-refractivity contribution in [2.75, 3.05) is 6.79 Å². The molecule has 0 atom stereocenters. The topological polar surface area (TPSA) is 27.7 Å². The maximum atomic E-state index is 5.42. The van der Waals surface area contributed by atoms with E-state index >= 15 is 0 Å². The highest BCUT2D eigenvalue weighted by atomic mass is 16.8. The van der Waals surface area contributed by atoms with Gasteiger partial charge in [-0.25, -0.2) is 0 Å². The first kappa shape index (κ1) is 7.98. The SMILES string of the molecule is CC1=C(Oc2ccccc2)OCO1. The Bertz CT molecular complexity index is 316. The van der Waals surface area contributed by atoms with Crippen LogP contribution in [0.25, 0.3) is 0 Å². The highest BCUT2D eigenvalue weighted by molar-refractivity contribution is 5.23. The fraction of sp³-hybridized carbons (Fsp3) is 0.200. The van der Waals surface area contributed by atoms with Gasteiger partial charge in [0.05, 0.1) is 0 Å². The molecule has 1 aliphatic heterocycles. The molecule has 0 N–H and O–H groups in total. The van der Waals surface area contributed by atoms with Crippen LogP contribution in [-0.4, -0.2) is 6.79 Å². The first-order valence-electron chi connectivity index (χ1n) is 4.05. The van der Waals surface area contributed by atoms with Crippen molar-refractivity contribution in [3.05, 3.63) is 42.0 Å². The van der Waals surface area contributed by atoms with Crippen molar-refractivity contribution < 1.29 is 14.2 Å². The van der Waals surface area contributed by atoms with Gasteiger partial charge in [-0.2, -0.15) is 0 Å². The molecule has 0 saturated carbocycles. The van der Waals surface area contributed by atoms with E-state index in [9.17, 15) is 0 Å². The van der Waals surface area contributed by atoms with E-state index < -0.39 is 0 Å². The molecule has 0 saturated heterocycles. The Balaban J connectivity index is 2.11. The lowest BCUT2D eigenvalue weighted by molar-refractivity contribution is 0.0403. The van der Waals surface area contributed by atoms with E-state index in [1.54, 1.807) is 0 Å². The normalized spacial score (nSPS) is 15.2. The molecule has 1 aliphatic rings. The standard InChI is InChI=1S/C10H10O3/c1-8-10(12-7-11-8)13-9-5-3-2-4-6-9/h2-6H,7H2,1H3. The van der Waals surface area contributed by atoms with Gasteiger partial charge in [-0.1, -0.05) is 18.2 Å². The van der Waals surface area contributed by atoms with Crippen LogP contribution in [0.15, 0.2) is 42.0 Å². The number of ether oxygens (including phenoxy) is 3. The Kier molecular flexibility index (Phi) is 2.08. The molecule has 13 heavy (non-hydrogen) atoms. The fourth-order valence-corrected chi connectivity index (χ4v) is 1.03. The zero-order valence-electron chi connectivity index (χ0n) is 7.32. The van der Waals surface area contributed by atoms with Gasteiger partial charge in [0.15, 0.2) is 5.76 Å². The van der Waals surface area contributed by atoms with Gasteiger partial charge < -0.3 is 14.2 Å². The Labute approximate surface area is 76.5 Å². The van der Waals surface area contributed by atoms with Crippen molar-refractivity contribution >= 4 is 0 Å². The van der Waals surface area contributed by atoms with Gasteiger partial charge in [-0.15, -0.1) is 0 Å². The van der Waals surface area contributed by atoms with Crippen LogP contribution in [-0.2, 0) is 9.47 Å². The predicted octanol–water partition coefficient (Wildman–Crippen LogP) is 2.26. The Morgan fingerprint density at radius 3 is 2.54 bits per heavy atom. The zero-order valence-corrected chi connectivity index (χ0v) is 7.32. The monoisotopic (exact) mass is 178 g/mol. The summed E-state index contributed by atoms with van der Waals surface area (Å²) in [7, 11) is 0. The zero-order chi connectivity index (χ0) is 9.10. The fourth-order valence-electron chi connectivity index (χ4n) is 1.03. The lowest BCUT2D eigenvalue weighted by Gasteiger charge is -2.03. The molecule has 0 aliphatic carbocycles. The number of para-hydroxylation sites is 1. The average molecular weight is 178 g/mol. The highest BCUT2D eigenvalue weighted by Gasteiger charge is 2.15. The van der Waals surface area contributed by atoms with Crippen LogP contribution in [0.3, 0.4) is 0 Å². The van der Waals surface area contributed by atoms with Gasteiger partial charge in [0, 0.05) is 6.92 Å². The maximum Gasteiger partial charge on any atom is 0.327 e. The molecule has 0 spiro atoms. The summed E-state index contributed by atoms with van der Waals surface area (Å²) in [6.07, 6.45) is 0. The van der Waals surface area contributed by atoms with Crippen LogP contribution in [0.2, 0.25) is 0 Å². The Morgan fingerprint density at radius 2 is 1.92 bits per heavy atom. The predicted molar refractivity (Wildman–Crippen MR) is 46.8 cm³/mol. The third-order valence-corrected chi connectivity index (χ3v) is 1.71. The van der Waals surface area contributed by atoms with Gasteiger partial charge >= 0.3 is 5.95 Å². The minimum Gasteiger partial charge on any atom is -0.455 e. The minimum absolute atomic E-state index is 0.244. The van der Waals surface area contributed by atoms with Crippen LogP contribution in [0.1, 0.15) is 6.92 Å². The second-order valence-electron chi connectivity index (χ2n) is 2.67. The maximum absolute atomic E-state index is 5.42. The highest BCUT2D eigenvalue weighted by Crippen LogP contribution is 2.20. The summed E-state index contributed by atoms with van der Waals surface area (Å²) < 4.78 is 15.6. The van der Waals surface area contributed by atoms with Crippen LogP contribution >= 0.6 is 0 Å². The molecule has 0 fully saturated rings. The second-order valence-corrected chi connectivity index (χ2v) is 2.67. The molecule has 0 bridgehead atoms. The van der Waals surface area contributed by atoms with E-state index in [4.69, 9.17) is 14.2 Å². The van der Waals surface area contributed by atoms with Crippen molar-refractivity contribution in [3.8, 4) is 5.75 Å².